The standard InChI is InChI=1S/C13H9BrO/c1-3-6-12-9(4-2)10-7-5-8-11(14)13(10)15-12/h2-3,5-8H,1H3/b6-3-. The SMILES string of the molecule is C#Cc1c(/C=C\C)oc2c(Br)cccc12. The lowest BCUT2D eigenvalue weighted by atomic mass is 10.1. The second kappa shape index (κ2) is 3.96. The number of hydrogen-bond acceptors (Lipinski definition) is 1. The van der Waals surface area contributed by atoms with E-state index in [0.29, 0.717) is 0 Å². The van der Waals surface area contributed by atoms with Crippen LogP contribution in [0.4, 0.5) is 0 Å². The highest BCUT2D eigenvalue weighted by Gasteiger charge is 2.11. The first-order chi connectivity index (χ1) is 7.27. The number of rotatable bonds is 1. The van der Waals surface area contributed by atoms with Gasteiger partial charge in [0.1, 0.15) is 11.3 Å². The molecule has 2 aromatic rings. The van der Waals surface area contributed by atoms with Crippen LogP contribution in [0.2, 0.25) is 0 Å². The van der Waals surface area contributed by atoms with Gasteiger partial charge in [0.2, 0.25) is 0 Å². The molecule has 0 bridgehead atoms. The molecule has 2 heteroatoms. The summed E-state index contributed by atoms with van der Waals surface area (Å²) in [4.78, 5) is 0. The molecule has 0 atom stereocenters. The molecule has 1 aromatic heterocycles. The van der Waals surface area contributed by atoms with E-state index in [4.69, 9.17) is 10.8 Å². The zero-order chi connectivity index (χ0) is 10.8. The number of para-hydroxylation sites is 1. The normalized spacial score (nSPS) is 11.0. The lowest BCUT2D eigenvalue weighted by Crippen LogP contribution is -1.73. The minimum atomic E-state index is 0.738. The number of furan rings is 1. The molecular weight excluding hydrogens is 252 g/mol. The van der Waals surface area contributed by atoms with E-state index in [9.17, 15) is 0 Å². The first kappa shape index (κ1) is 10.1. The van der Waals surface area contributed by atoms with Gasteiger partial charge >= 0.3 is 0 Å². The van der Waals surface area contributed by atoms with E-state index < -0.39 is 0 Å². The molecule has 0 fully saturated rings. The van der Waals surface area contributed by atoms with Gasteiger partial charge in [0.25, 0.3) is 0 Å². The minimum Gasteiger partial charge on any atom is -0.454 e. The Kier molecular flexibility index (Phi) is 2.66. The molecule has 0 spiro atoms. The van der Waals surface area contributed by atoms with Gasteiger partial charge in [-0.3, -0.25) is 0 Å². The Morgan fingerprint density at radius 2 is 2.27 bits per heavy atom. The van der Waals surface area contributed by atoms with E-state index in [1.54, 1.807) is 0 Å². The first-order valence-corrected chi connectivity index (χ1v) is 5.37. The van der Waals surface area contributed by atoms with Crippen LogP contribution in [0.3, 0.4) is 0 Å². The van der Waals surface area contributed by atoms with Crippen molar-refractivity contribution in [2.75, 3.05) is 0 Å². The van der Waals surface area contributed by atoms with Crippen LogP contribution in [-0.2, 0) is 0 Å². The van der Waals surface area contributed by atoms with Gasteiger partial charge in [-0.2, -0.15) is 0 Å². The number of terminal acetylenes is 1. The van der Waals surface area contributed by atoms with Gasteiger partial charge in [-0.05, 0) is 41.1 Å². The van der Waals surface area contributed by atoms with Crippen LogP contribution in [-0.4, -0.2) is 0 Å². The molecule has 0 aliphatic heterocycles. The Morgan fingerprint density at radius 3 is 2.93 bits per heavy atom. The smallest absolute Gasteiger partial charge is 0.150 e. The molecule has 2 rings (SSSR count). The fraction of sp³-hybridized carbons (Fsp3) is 0.0769. The summed E-state index contributed by atoms with van der Waals surface area (Å²) in [5.74, 6) is 3.40. The maximum absolute atomic E-state index is 5.69. The second-order valence-electron chi connectivity index (χ2n) is 3.10. The number of benzene rings is 1. The maximum atomic E-state index is 5.69. The monoisotopic (exact) mass is 260 g/mol. The molecule has 74 valence electrons. The van der Waals surface area contributed by atoms with Crippen LogP contribution in [0.1, 0.15) is 18.2 Å². The van der Waals surface area contributed by atoms with Gasteiger partial charge in [-0.15, -0.1) is 6.42 Å². The molecule has 0 amide bonds. The van der Waals surface area contributed by atoms with Crippen molar-refractivity contribution in [3.05, 3.63) is 40.1 Å². The summed E-state index contributed by atoms with van der Waals surface area (Å²) in [5.41, 5.74) is 1.61. The molecule has 0 unspecified atom stereocenters. The van der Waals surface area contributed by atoms with Gasteiger partial charge in [-0.1, -0.05) is 18.1 Å². The summed E-state index contributed by atoms with van der Waals surface area (Å²) in [6.45, 7) is 1.93. The van der Waals surface area contributed by atoms with Crippen molar-refractivity contribution >= 4 is 33.0 Å². The minimum absolute atomic E-state index is 0.738. The zero-order valence-electron chi connectivity index (χ0n) is 8.25. The van der Waals surface area contributed by atoms with Crippen molar-refractivity contribution in [1.29, 1.82) is 0 Å². The third-order valence-corrected chi connectivity index (χ3v) is 2.78. The topological polar surface area (TPSA) is 13.1 Å². The number of fused-ring (bicyclic) bond motifs is 1. The zero-order valence-corrected chi connectivity index (χ0v) is 9.84. The van der Waals surface area contributed by atoms with E-state index in [1.807, 2.05) is 37.3 Å². The molecule has 1 aromatic carbocycles. The lowest BCUT2D eigenvalue weighted by Gasteiger charge is -1.90. The number of halogens is 1. The summed E-state index contributed by atoms with van der Waals surface area (Å²) in [7, 11) is 0. The Balaban J connectivity index is 2.86. The highest BCUT2D eigenvalue weighted by molar-refractivity contribution is 9.10. The third kappa shape index (κ3) is 1.60. The molecule has 0 radical (unpaired) electrons. The van der Waals surface area contributed by atoms with Crippen LogP contribution < -0.4 is 0 Å². The summed E-state index contributed by atoms with van der Waals surface area (Å²) < 4.78 is 6.61. The van der Waals surface area contributed by atoms with Crippen molar-refractivity contribution in [3.63, 3.8) is 0 Å². The molecule has 0 N–H and O–H groups in total. The van der Waals surface area contributed by atoms with Crippen LogP contribution in [0.25, 0.3) is 17.0 Å². The van der Waals surface area contributed by atoms with Crippen molar-refractivity contribution in [2.45, 2.75) is 6.92 Å². The molecule has 0 aliphatic rings. The Hall–Kier alpha value is -1.46. The molecular formula is C13H9BrO. The van der Waals surface area contributed by atoms with Crippen molar-refractivity contribution in [1.82, 2.24) is 0 Å². The van der Waals surface area contributed by atoms with E-state index in [1.165, 1.54) is 0 Å². The number of hydrogen-bond donors (Lipinski definition) is 0. The van der Waals surface area contributed by atoms with Gasteiger partial charge in [-0.25, -0.2) is 0 Å². The average molecular weight is 261 g/mol. The average Bonchev–Trinajstić information content (AvgIpc) is 2.58. The Labute approximate surface area is 96.9 Å². The first-order valence-electron chi connectivity index (χ1n) is 4.58. The molecule has 0 saturated heterocycles. The molecule has 0 aliphatic carbocycles. The molecule has 0 saturated carbocycles. The van der Waals surface area contributed by atoms with Gasteiger partial charge in [0, 0.05) is 5.39 Å². The fourth-order valence-electron chi connectivity index (χ4n) is 1.52. The van der Waals surface area contributed by atoms with Crippen molar-refractivity contribution < 1.29 is 4.42 Å². The highest BCUT2D eigenvalue weighted by Crippen LogP contribution is 2.31. The lowest BCUT2D eigenvalue weighted by molar-refractivity contribution is 0.601. The second-order valence-corrected chi connectivity index (χ2v) is 3.96. The highest BCUT2D eigenvalue weighted by atomic mass is 79.9. The van der Waals surface area contributed by atoms with E-state index >= 15 is 0 Å². The van der Waals surface area contributed by atoms with E-state index in [2.05, 4.69) is 21.9 Å². The van der Waals surface area contributed by atoms with Crippen LogP contribution in [0, 0.1) is 12.3 Å². The van der Waals surface area contributed by atoms with Gasteiger partial charge in [0.05, 0.1) is 10.0 Å². The molecule has 15 heavy (non-hydrogen) atoms. The summed E-state index contributed by atoms with van der Waals surface area (Å²) in [5, 5.41) is 0.972. The maximum Gasteiger partial charge on any atom is 0.150 e. The largest absolute Gasteiger partial charge is 0.454 e. The molecule has 1 heterocycles. The van der Waals surface area contributed by atoms with Gasteiger partial charge in [0.15, 0.2) is 0 Å². The Morgan fingerprint density at radius 1 is 1.47 bits per heavy atom. The fourth-order valence-corrected chi connectivity index (χ4v) is 1.97. The summed E-state index contributed by atoms with van der Waals surface area (Å²) in [6.07, 6.45) is 9.27. The summed E-state index contributed by atoms with van der Waals surface area (Å²) >= 11 is 3.44. The van der Waals surface area contributed by atoms with Crippen LogP contribution in [0.15, 0.2) is 33.2 Å². The summed E-state index contributed by atoms with van der Waals surface area (Å²) in [6, 6.07) is 5.85. The Bertz CT molecular complexity index is 570. The van der Waals surface area contributed by atoms with E-state index in [-0.39, 0.29) is 0 Å². The predicted molar refractivity (Wildman–Crippen MR) is 66.6 cm³/mol. The number of allylic oxidation sites excluding steroid dienone is 1. The van der Waals surface area contributed by atoms with Gasteiger partial charge < -0.3 is 4.42 Å². The quantitative estimate of drug-likeness (QED) is 0.701. The van der Waals surface area contributed by atoms with E-state index in [0.717, 1.165) is 26.8 Å². The van der Waals surface area contributed by atoms with Crippen molar-refractivity contribution in [2.24, 2.45) is 0 Å². The predicted octanol–water partition coefficient (Wildman–Crippen LogP) is 4.21. The van der Waals surface area contributed by atoms with Crippen molar-refractivity contribution in [3.8, 4) is 12.3 Å². The molecule has 1 nitrogen and oxygen atoms in total. The third-order valence-electron chi connectivity index (χ3n) is 2.16. The van der Waals surface area contributed by atoms with Crippen LogP contribution in [0.5, 0.6) is 0 Å². The van der Waals surface area contributed by atoms with Crippen LogP contribution >= 0.6 is 15.9 Å².